The number of carbonyl (C=O) groups excluding carboxylic acids is 1. The van der Waals surface area contributed by atoms with Gasteiger partial charge in [0.05, 0.1) is 24.3 Å². The van der Waals surface area contributed by atoms with Crippen molar-refractivity contribution in [1.82, 2.24) is 4.90 Å². The molecule has 3 rings (SSSR count). The number of morpholine rings is 1. The summed E-state index contributed by atoms with van der Waals surface area (Å²) in [5.74, 6) is 0.169. The maximum atomic E-state index is 12.0. The minimum Gasteiger partial charge on any atom is -0.374 e. The van der Waals surface area contributed by atoms with Crippen LogP contribution in [0.1, 0.15) is 16.8 Å². The van der Waals surface area contributed by atoms with Gasteiger partial charge in [0, 0.05) is 11.9 Å². The van der Waals surface area contributed by atoms with Gasteiger partial charge in [-0.3, -0.25) is 4.79 Å². The minimum atomic E-state index is 0.169. The van der Waals surface area contributed by atoms with Gasteiger partial charge in [-0.1, -0.05) is 0 Å². The number of ether oxygens (including phenoxy) is 1. The number of carbonyl (C=O) groups is 1. The van der Waals surface area contributed by atoms with E-state index < -0.39 is 0 Å². The number of likely N-dealkylation sites (tertiary alicyclic amines) is 1. The molecule has 2 aliphatic rings. The summed E-state index contributed by atoms with van der Waals surface area (Å²) >= 11 is 1.57. The number of rotatable bonds is 1. The number of fused-ring (bicyclic) bond motifs is 2. The molecule has 2 saturated heterocycles. The third-order valence-electron chi connectivity index (χ3n) is 2.93. The first kappa shape index (κ1) is 8.44. The Morgan fingerprint density at radius 2 is 2.57 bits per heavy atom. The standard InChI is InChI=1S/C10H11NO2S/c12-10(7-1-2-14-6-7)11-4-9-3-8(11)5-13-9/h1-2,6,8-9H,3-5H2. The molecule has 1 aromatic heterocycles. The van der Waals surface area contributed by atoms with Crippen LogP contribution < -0.4 is 0 Å². The Morgan fingerprint density at radius 1 is 1.64 bits per heavy atom. The molecule has 3 heterocycles. The highest BCUT2D eigenvalue weighted by molar-refractivity contribution is 7.08. The van der Waals surface area contributed by atoms with Crippen molar-refractivity contribution in [2.75, 3.05) is 13.2 Å². The lowest BCUT2D eigenvalue weighted by atomic mass is 10.2. The maximum Gasteiger partial charge on any atom is 0.255 e. The molecule has 2 atom stereocenters. The van der Waals surface area contributed by atoms with E-state index in [1.165, 1.54) is 0 Å². The molecule has 1 aromatic rings. The highest BCUT2D eigenvalue weighted by Crippen LogP contribution is 2.29. The summed E-state index contributed by atoms with van der Waals surface area (Å²) in [5, 5.41) is 3.85. The normalized spacial score (nSPS) is 29.9. The van der Waals surface area contributed by atoms with Crippen LogP contribution in [0, 0.1) is 0 Å². The van der Waals surface area contributed by atoms with Gasteiger partial charge >= 0.3 is 0 Å². The Kier molecular flexibility index (Phi) is 1.85. The maximum absolute atomic E-state index is 12.0. The first-order valence-electron chi connectivity index (χ1n) is 4.79. The smallest absolute Gasteiger partial charge is 0.255 e. The van der Waals surface area contributed by atoms with E-state index in [4.69, 9.17) is 4.74 Å². The molecule has 4 heteroatoms. The molecule has 0 saturated carbocycles. The highest BCUT2D eigenvalue weighted by atomic mass is 32.1. The Balaban J connectivity index is 1.81. The molecule has 74 valence electrons. The SMILES string of the molecule is O=C(c1ccsc1)N1CC2CC1CO2. The molecule has 2 aliphatic heterocycles. The predicted octanol–water partition coefficient (Wildman–Crippen LogP) is 1.36. The number of amides is 1. The number of nitrogens with zero attached hydrogens (tertiary/aromatic N) is 1. The molecule has 3 nitrogen and oxygen atoms in total. The van der Waals surface area contributed by atoms with Gasteiger partial charge in [0.25, 0.3) is 5.91 Å². The largest absolute Gasteiger partial charge is 0.374 e. The van der Waals surface area contributed by atoms with Gasteiger partial charge in [-0.2, -0.15) is 11.3 Å². The fourth-order valence-corrected chi connectivity index (χ4v) is 2.83. The minimum absolute atomic E-state index is 0.169. The van der Waals surface area contributed by atoms with Crippen LogP contribution in [-0.4, -0.2) is 36.1 Å². The van der Waals surface area contributed by atoms with Crippen LogP contribution in [0.5, 0.6) is 0 Å². The summed E-state index contributed by atoms with van der Waals surface area (Å²) < 4.78 is 5.46. The zero-order valence-electron chi connectivity index (χ0n) is 7.68. The topological polar surface area (TPSA) is 29.5 Å². The molecule has 0 aliphatic carbocycles. The molecule has 0 spiro atoms. The first-order chi connectivity index (χ1) is 6.84. The van der Waals surface area contributed by atoms with Crippen molar-refractivity contribution < 1.29 is 9.53 Å². The zero-order valence-corrected chi connectivity index (χ0v) is 8.50. The van der Waals surface area contributed by atoms with E-state index in [1.807, 2.05) is 21.7 Å². The second-order valence-corrected chi connectivity index (χ2v) is 4.59. The van der Waals surface area contributed by atoms with Crippen molar-refractivity contribution in [3.63, 3.8) is 0 Å². The number of hydrogen-bond acceptors (Lipinski definition) is 3. The quantitative estimate of drug-likeness (QED) is 0.699. The molecule has 14 heavy (non-hydrogen) atoms. The van der Waals surface area contributed by atoms with Crippen LogP contribution in [0.4, 0.5) is 0 Å². The lowest BCUT2D eigenvalue weighted by Crippen LogP contribution is -2.41. The molecule has 2 fully saturated rings. The third-order valence-corrected chi connectivity index (χ3v) is 3.61. The second-order valence-electron chi connectivity index (χ2n) is 3.81. The van der Waals surface area contributed by atoms with Crippen molar-refractivity contribution >= 4 is 17.2 Å². The highest BCUT2D eigenvalue weighted by Gasteiger charge is 2.41. The van der Waals surface area contributed by atoms with E-state index in [2.05, 4.69) is 0 Å². The lowest BCUT2D eigenvalue weighted by Gasteiger charge is -2.26. The Labute approximate surface area is 86.3 Å². The monoisotopic (exact) mass is 209 g/mol. The van der Waals surface area contributed by atoms with E-state index in [0.29, 0.717) is 12.1 Å². The van der Waals surface area contributed by atoms with Crippen LogP contribution in [0.3, 0.4) is 0 Å². The number of hydrogen-bond donors (Lipinski definition) is 0. The lowest BCUT2D eigenvalue weighted by molar-refractivity contribution is 0.0259. The summed E-state index contributed by atoms with van der Waals surface area (Å²) in [6.07, 6.45) is 1.32. The van der Waals surface area contributed by atoms with Gasteiger partial charge in [0.2, 0.25) is 0 Å². The van der Waals surface area contributed by atoms with Crippen molar-refractivity contribution in [3.05, 3.63) is 22.4 Å². The fourth-order valence-electron chi connectivity index (χ4n) is 2.20. The van der Waals surface area contributed by atoms with Crippen LogP contribution in [0.15, 0.2) is 16.8 Å². The predicted molar refractivity (Wildman–Crippen MR) is 53.5 cm³/mol. The van der Waals surface area contributed by atoms with Crippen molar-refractivity contribution in [1.29, 1.82) is 0 Å². The zero-order chi connectivity index (χ0) is 9.54. The molecule has 2 unspecified atom stereocenters. The summed E-state index contributed by atoms with van der Waals surface area (Å²) in [5.41, 5.74) is 0.822. The summed E-state index contributed by atoms with van der Waals surface area (Å²) in [7, 11) is 0. The van der Waals surface area contributed by atoms with Gasteiger partial charge in [0.1, 0.15) is 0 Å². The van der Waals surface area contributed by atoms with E-state index in [-0.39, 0.29) is 5.91 Å². The van der Waals surface area contributed by atoms with Crippen LogP contribution >= 0.6 is 11.3 Å². The van der Waals surface area contributed by atoms with Gasteiger partial charge in [0.15, 0.2) is 0 Å². The first-order valence-corrected chi connectivity index (χ1v) is 5.73. The van der Waals surface area contributed by atoms with Gasteiger partial charge in [-0.25, -0.2) is 0 Å². The Bertz CT molecular complexity index is 349. The van der Waals surface area contributed by atoms with Gasteiger partial charge < -0.3 is 9.64 Å². The average molecular weight is 209 g/mol. The molecule has 0 N–H and O–H groups in total. The molecule has 1 amide bonds. The molecular formula is C10H11NO2S. The van der Waals surface area contributed by atoms with Crippen LogP contribution in [0.25, 0.3) is 0 Å². The van der Waals surface area contributed by atoms with Crippen LogP contribution in [-0.2, 0) is 4.74 Å². The van der Waals surface area contributed by atoms with Crippen LogP contribution in [0.2, 0.25) is 0 Å². The Hall–Kier alpha value is -0.870. The van der Waals surface area contributed by atoms with E-state index in [9.17, 15) is 4.79 Å². The fraction of sp³-hybridized carbons (Fsp3) is 0.500. The van der Waals surface area contributed by atoms with E-state index in [1.54, 1.807) is 11.3 Å². The van der Waals surface area contributed by atoms with Crippen molar-refractivity contribution in [2.45, 2.75) is 18.6 Å². The van der Waals surface area contributed by atoms with Crippen molar-refractivity contribution in [3.8, 4) is 0 Å². The summed E-state index contributed by atoms with van der Waals surface area (Å²) in [4.78, 5) is 13.9. The number of thiophene rings is 1. The summed E-state index contributed by atoms with van der Waals surface area (Å²) in [6, 6.07) is 2.22. The molecular weight excluding hydrogens is 198 g/mol. The average Bonchev–Trinajstić information content (AvgIpc) is 2.93. The molecule has 0 aromatic carbocycles. The van der Waals surface area contributed by atoms with Gasteiger partial charge in [-0.05, 0) is 17.9 Å². The van der Waals surface area contributed by atoms with E-state index >= 15 is 0 Å². The van der Waals surface area contributed by atoms with Crippen molar-refractivity contribution in [2.24, 2.45) is 0 Å². The Morgan fingerprint density at radius 3 is 3.14 bits per heavy atom. The van der Waals surface area contributed by atoms with E-state index in [0.717, 1.165) is 25.1 Å². The second kappa shape index (κ2) is 3.07. The molecule has 2 bridgehead atoms. The third kappa shape index (κ3) is 1.18. The van der Waals surface area contributed by atoms with Gasteiger partial charge in [-0.15, -0.1) is 0 Å². The summed E-state index contributed by atoms with van der Waals surface area (Å²) in [6.45, 7) is 1.50. The molecule has 0 radical (unpaired) electrons.